The second-order valence-electron chi connectivity index (χ2n) is 9.28. The zero-order valence-corrected chi connectivity index (χ0v) is 20.3. The first-order valence-corrected chi connectivity index (χ1v) is 12.4. The quantitative estimate of drug-likeness (QED) is 0.383. The number of nitrogens with zero attached hydrogens (tertiary/aromatic N) is 2. The molecule has 0 aromatic heterocycles. The van der Waals surface area contributed by atoms with E-state index in [-0.39, 0.29) is 5.91 Å². The van der Waals surface area contributed by atoms with Crippen LogP contribution >= 0.6 is 0 Å². The lowest BCUT2D eigenvalue weighted by atomic mass is 9.97. The molecular weight excluding hydrogens is 448 g/mol. The number of benzene rings is 4. The summed E-state index contributed by atoms with van der Waals surface area (Å²) in [6.07, 6.45) is 0. The van der Waals surface area contributed by atoms with E-state index in [2.05, 4.69) is 36.1 Å². The molecule has 0 N–H and O–H groups in total. The fourth-order valence-electron chi connectivity index (χ4n) is 5.10. The highest BCUT2D eigenvalue weighted by molar-refractivity contribution is 5.95. The van der Waals surface area contributed by atoms with E-state index in [0.29, 0.717) is 30.2 Å². The van der Waals surface area contributed by atoms with Crippen LogP contribution in [-0.2, 0) is 5.79 Å². The smallest absolute Gasteiger partial charge is 0.305 e. The van der Waals surface area contributed by atoms with Crippen molar-refractivity contribution in [3.63, 3.8) is 0 Å². The molecule has 0 aliphatic carbocycles. The Balaban J connectivity index is 1.23. The molecule has 180 valence electrons. The fraction of sp³-hybridized carbons (Fsp3) is 0.194. The van der Waals surface area contributed by atoms with Crippen LogP contribution in [0.3, 0.4) is 0 Å². The number of rotatable bonds is 4. The van der Waals surface area contributed by atoms with E-state index in [4.69, 9.17) is 9.47 Å². The Morgan fingerprint density at radius 2 is 1.28 bits per heavy atom. The normalized spacial score (nSPS) is 16.1. The number of carbonyl (C=O) groups is 1. The summed E-state index contributed by atoms with van der Waals surface area (Å²) < 4.78 is 13.0. The van der Waals surface area contributed by atoms with Crippen molar-refractivity contribution in [2.24, 2.45) is 0 Å². The Hall–Kier alpha value is -4.25. The van der Waals surface area contributed by atoms with Gasteiger partial charge in [-0.3, -0.25) is 4.79 Å². The van der Waals surface area contributed by atoms with Gasteiger partial charge in [-0.15, -0.1) is 0 Å². The van der Waals surface area contributed by atoms with Gasteiger partial charge in [0.1, 0.15) is 0 Å². The highest BCUT2D eigenvalue weighted by Gasteiger charge is 2.45. The third kappa shape index (κ3) is 3.87. The minimum absolute atomic E-state index is 0.0164. The molecule has 0 spiro atoms. The molecule has 2 aliphatic rings. The van der Waals surface area contributed by atoms with Gasteiger partial charge in [-0.1, -0.05) is 78.9 Å². The molecule has 0 unspecified atom stereocenters. The van der Waals surface area contributed by atoms with Crippen molar-refractivity contribution in [2.75, 3.05) is 31.1 Å². The molecule has 2 heterocycles. The molecule has 6 rings (SSSR count). The largest absolute Gasteiger partial charge is 0.440 e. The second-order valence-corrected chi connectivity index (χ2v) is 9.28. The number of piperazine rings is 1. The van der Waals surface area contributed by atoms with Crippen molar-refractivity contribution in [1.29, 1.82) is 0 Å². The highest BCUT2D eigenvalue weighted by atomic mass is 16.7. The first-order chi connectivity index (χ1) is 17.6. The lowest BCUT2D eigenvalue weighted by molar-refractivity contribution is -0.0459. The van der Waals surface area contributed by atoms with Crippen LogP contribution in [0.25, 0.3) is 0 Å². The Labute approximate surface area is 211 Å². The zero-order chi connectivity index (χ0) is 24.5. The van der Waals surface area contributed by atoms with Gasteiger partial charge in [-0.05, 0) is 36.8 Å². The molecule has 2 aliphatic heterocycles. The van der Waals surface area contributed by atoms with E-state index >= 15 is 0 Å². The molecule has 0 atom stereocenters. The average Bonchev–Trinajstić information content (AvgIpc) is 3.34. The minimum atomic E-state index is -1.09. The number of anilines is 1. The summed E-state index contributed by atoms with van der Waals surface area (Å²) in [5.74, 6) is 0.129. The summed E-state index contributed by atoms with van der Waals surface area (Å²) in [7, 11) is 0. The predicted octanol–water partition coefficient (Wildman–Crippen LogP) is 5.63. The van der Waals surface area contributed by atoms with E-state index in [9.17, 15) is 4.79 Å². The Morgan fingerprint density at radius 3 is 1.92 bits per heavy atom. The van der Waals surface area contributed by atoms with Crippen LogP contribution in [0.1, 0.15) is 27.0 Å². The number of carbonyl (C=O) groups excluding carboxylic acids is 1. The maximum atomic E-state index is 13.4. The number of ether oxygens (including phenoxy) is 2. The van der Waals surface area contributed by atoms with E-state index in [0.717, 1.165) is 24.2 Å². The van der Waals surface area contributed by atoms with Crippen molar-refractivity contribution in [1.82, 2.24) is 4.90 Å². The monoisotopic (exact) mass is 476 g/mol. The van der Waals surface area contributed by atoms with Gasteiger partial charge in [-0.25, -0.2) is 0 Å². The van der Waals surface area contributed by atoms with E-state index in [1.807, 2.05) is 83.8 Å². The lowest BCUT2D eigenvalue weighted by Gasteiger charge is -2.36. The van der Waals surface area contributed by atoms with Crippen molar-refractivity contribution < 1.29 is 14.3 Å². The Morgan fingerprint density at radius 1 is 0.694 bits per heavy atom. The number of amides is 1. The molecule has 0 saturated carbocycles. The van der Waals surface area contributed by atoms with Gasteiger partial charge in [0.2, 0.25) is 0 Å². The molecule has 0 radical (unpaired) electrons. The highest BCUT2D eigenvalue weighted by Crippen LogP contribution is 2.48. The van der Waals surface area contributed by atoms with Crippen molar-refractivity contribution >= 4 is 11.6 Å². The van der Waals surface area contributed by atoms with Gasteiger partial charge in [-0.2, -0.15) is 0 Å². The number of fused-ring (bicyclic) bond motifs is 1. The van der Waals surface area contributed by atoms with Gasteiger partial charge in [0.05, 0.1) is 0 Å². The van der Waals surface area contributed by atoms with Crippen molar-refractivity contribution in [3.05, 3.63) is 125 Å². The third-order valence-corrected chi connectivity index (χ3v) is 7.03. The molecule has 1 amide bonds. The van der Waals surface area contributed by atoms with Crippen LogP contribution in [0.5, 0.6) is 11.5 Å². The fourth-order valence-corrected chi connectivity index (χ4v) is 5.10. The maximum Gasteiger partial charge on any atom is 0.305 e. The molecule has 4 aromatic carbocycles. The Bertz CT molecular complexity index is 1340. The molecule has 36 heavy (non-hydrogen) atoms. The molecule has 0 bridgehead atoms. The van der Waals surface area contributed by atoms with Gasteiger partial charge in [0, 0.05) is 48.6 Å². The minimum Gasteiger partial charge on any atom is -0.440 e. The number of para-hydroxylation sites is 1. The SMILES string of the molecule is Cc1ccccc1N1CCN(C(=O)c2ccc3c(c2)OC(c2ccccc2)(c2ccccc2)O3)CC1. The number of hydrogen-bond acceptors (Lipinski definition) is 4. The predicted molar refractivity (Wildman–Crippen MR) is 141 cm³/mol. The van der Waals surface area contributed by atoms with E-state index < -0.39 is 5.79 Å². The molecule has 1 fully saturated rings. The topological polar surface area (TPSA) is 42.0 Å². The summed E-state index contributed by atoms with van der Waals surface area (Å²) in [6.45, 7) is 5.11. The first-order valence-electron chi connectivity index (χ1n) is 12.4. The van der Waals surface area contributed by atoms with Crippen LogP contribution in [0.15, 0.2) is 103 Å². The van der Waals surface area contributed by atoms with Crippen LogP contribution < -0.4 is 14.4 Å². The van der Waals surface area contributed by atoms with Crippen LogP contribution in [-0.4, -0.2) is 37.0 Å². The first kappa shape index (κ1) is 22.2. The van der Waals surface area contributed by atoms with E-state index in [1.54, 1.807) is 0 Å². The summed E-state index contributed by atoms with van der Waals surface area (Å²) in [6, 6.07) is 33.7. The van der Waals surface area contributed by atoms with Gasteiger partial charge >= 0.3 is 5.79 Å². The average molecular weight is 477 g/mol. The van der Waals surface area contributed by atoms with Crippen molar-refractivity contribution in [2.45, 2.75) is 12.7 Å². The standard InChI is InChI=1S/C31H28N2O3/c1-23-10-8-9-15-27(23)32-18-20-33(21-19-32)30(34)24-16-17-28-29(22-24)36-31(35-28,25-11-4-2-5-12-25)26-13-6-3-7-14-26/h2-17,22H,18-21H2,1H3. The van der Waals surface area contributed by atoms with Crippen molar-refractivity contribution in [3.8, 4) is 11.5 Å². The van der Waals surface area contributed by atoms with Crippen LogP contribution in [0, 0.1) is 6.92 Å². The van der Waals surface area contributed by atoms with Gasteiger partial charge < -0.3 is 19.3 Å². The summed E-state index contributed by atoms with van der Waals surface area (Å²) in [5.41, 5.74) is 4.90. The van der Waals surface area contributed by atoms with Gasteiger partial charge in [0.15, 0.2) is 11.5 Å². The molecule has 5 heteroatoms. The number of hydrogen-bond donors (Lipinski definition) is 0. The summed E-state index contributed by atoms with van der Waals surface area (Å²) >= 11 is 0. The number of aryl methyl sites for hydroxylation is 1. The molecule has 4 aromatic rings. The van der Waals surface area contributed by atoms with Gasteiger partial charge in [0.25, 0.3) is 5.91 Å². The molecule has 5 nitrogen and oxygen atoms in total. The Kier molecular flexibility index (Phi) is 5.61. The maximum absolute atomic E-state index is 13.4. The molecular formula is C31H28N2O3. The second kappa shape index (κ2) is 9.08. The third-order valence-electron chi connectivity index (χ3n) is 7.03. The zero-order valence-electron chi connectivity index (χ0n) is 20.3. The molecule has 1 saturated heterocycles. The van der Waals surface area contributed by atoms with E-state index in [1.165, 1.54) is 11.3 Å². The summed E-state index contributed by atoms with van der Waals surface area (Å²) in [5, 5.41) is 0. The van der Waals surface area contributed by atoms with Crippen LogP contribution in [0.2, 0.25) is 0 Å². The van der Waals surface area contributed by atoms with Crippen LogP contribution in [0.4, 0.5) is 5.69 Å². The lowest BCUT2D eigenvalue weighted by Crippen LogP contribution is -2.49. The summed E-state index contributed by atoms with van der Waals surface area (Å²) in [4.78, 5) is 17.7.